The lowest BCUT2D eigenvalue weighted by Crippen LogP contribution is -2.61. The molecular weight excluding hydrogens is 1010 g/mol. The van der Waals surface area contributed by atoms with Crippen LogP contribution in [0.25, 0.3) is 0 Å². The molecule has 0 aromatic heterocycles. The molecule has 460 valence electrons. The van der Waals surface area contributed by atoms with Crippen LogP contribution in [0, 0.1) is 0 Å². The molecule has 8 unspecified atom stereocenters. The van der Waals surface area contributed by atoms with Crippen molar-refractivity contribution in [3.8, 4) is 0 Å². The van der Waals surface area contributed by atoms with Crippen molar-refractivity contribution >= 4 is 11.9 Å². The number of hydrogen-bond donors (Lipinski definition) is 6. The Morgan fingerprint density at radius 2 is 0.951 bits per heavy atom. The molecule has 11 nitrogen and oxygen atoms in total. The van der Waals surface area contributed by atoms with Crippen LogP contribution in [-0.2, 0) is 23.8 Å². The van der Waals surface area contributed by atoms with Gasteiger partial charge in [-0.05, 0) is 96.3 Å². The normalized spacial score (nSPS) is 19.6. The highest BCUT2D eigenvalue weighted by molar-refractivity contribution is 5.80. The first-order valence-electron chi connectivity index (χ1n) is 32.0. The van der Waals surface area contributed by atoms with Crippen LogP contribution < -0.4 is 5.32 Å². The number of carbonyl (C=O) groups is 2. The van der Waals surface area contributed by atoms with Crippen molar-refractivity contribution in [2.45, 2.75) is 282 Å². The first-order chi connectivity index (χ1) is 39.7. The van der Waals surface area contributed by atoms with Crippen molar-refractivity contribution in [3.05, 3.63) is 134 Å². The van der Waals surface area contributed by atoms with E-state index in [0.717, 1.165) is 135 Å². The molecule has 11 heteroatoms. The molecule has 8 atom stereocenters. The number of aliphatic hydroxyl groups excluding tert-OH is 5. The summed E-state index contributed by atoms with van der Waals surface area (Å²) < 4.78 is 17.6. The fourth-order valence-electron chi connectivity index (χ4n) is 9.13. The number of nitrogens with one attached hydrogen (secondary N) is 1. The van der Waals surface area contributed by atoms with Gasteiger partial charge in [-0.3, -0.25) is 9.59 Å². The van der Waals surface area contributed by atoms with Crippen molar-refractivity contribution in [3.63, 3.8) is 0 Å². The minimum absolute atomic E-state index is 0.0947. The molecule has 1 fully saturated rings. The summed E-state index contributed by atoms with van der Waals surface area (Å²) in [4.78, 5) is 26.6. The van der Waals surface area contributed by atoms with E-state index in [-0.39, 0.29) is 19.4 Å². The highest BCUT2D eigenvalue weighted by atomic mass is 16.7. The maximum atomic E-state index is 13.4. The van der Waals surface area contributed by atoms with Crippen LogP contribution in [0.2, 0.25) is 0 Å². The third-order valence-electron chi connectivity index (χ3n) is 14.1. The number of esters is 1. The van der Waals surface area contributed by atoms with E-state index < -0.39 is 67.4 Å². The Morgan fingerprint density at radius 1 is 0.506 bits per heavy atom. The summed E-state index contributed by atoms with van der Waals surface area (Å²) in [7, 11) is 0. The molecule has 1 aliphatic rings. The molecule has 81 heavy (non-hydrogen) atoms. The molecule has 0 radical (unpaired) electrons. The lowest BCUT2D eigenvalue weighted by atomic mass is 9.99. The van der Waals surface area contributed by atoms with Gasteiger partial charge >= 0.3 is 5.97 Å². The predicted molar refractivity (Wildman–Crippen MR) is 337 cm³/mol. The SMILES string of the molecule is CC/C=C\C/C=C\C/C=C\C/C=C\C/C=C\C/C=C\CCCCCCCCC(=O)OC1C(OCC(NC(=O)C(O)CCCCCC\C=C/C=C/C=C/C=C/CC)C(O)/C=C/CCCCCCCCCCCCC)OC(CO)C(O)C1O. The molecule has 0 aliphatic carbocycles. The van der Waals surface area contributed by atoms with Gasteiger partial charge in [0.2, 0.25) is 5.91 Å². The Hall–Kier alpha value is -4.20. The molecule has 1 rings (SSSR count). The molecule has 1 saturated heterocycles. The Labute approximate surface area is 493 Å². The van der Waals surface area contributed by atoms with Gasteiger partial charge in [0, 0.05) is 6.42 Å². The summed E-state index contributed by atoms with van der Waals surface area (Å²) in [6, 6.07) is -1.05. The van der Waals surface area contributed by atoms with Crippen LogP contribution in [0.4, 0.5) is 0 Å². The Bertz CT molecular complexity index is 1830. The number of unbranched alkanes of at least 4 members (excludes halogenated alkanes) is 21. The van der Waals surface area contributed by atoms with Gasteiger partial charge in [0.25, 0.3) is 0 Å². The first-order valence-corrected chi connectivity index (χ1v) is 32.0. The molecule has 0 aromatic rings. The molecule has 0 spiro atoms. The largest absolute Gasteiger partial charge is 0.454 e. The topological polar surface area (TPSA) is 175 Å². The maximum Gasteiger partial charge on any atom is 0.306 e. The fourth-order valence-corrected chi connectivity index (χ4v) is 9.13. The summed E-state index contributed by atoms with van der Waals surface area (Å²) in [6.45, 7) is 5.50. The van der Waals surface area contributed by atoms with Gasteiger partial charge in [0.05, 0.1) is 25.4 Å². The van der Waals surface area contributed by atoms with Crippen molar-refractivity contribution in [1.82, 2.24) is 5.32 Å². The smallest absolute Gasteiger partial charge is 0.306 e. The van der Waals surface area contributed by atoms with Gasteiger partial charge in [0.15, 0.2) is 12.4 Å². The molecule has 1 heterocycles. The van der Waals surface area contributed by atoms with E-state index in [1.165, 1.54) is 51.4 Å². The molecule has 0 saturated carbocycles. The molecule has 6 N–H and O–H groups in total. The Balaban J connectivity index is 2.66. The van der Waals surface area contributed by atoms with Gasteiger partial charge < -0.3 is 45.1 Å². The highest BCUT2D eigenvalue weighted by Crippen LogP contribution is 2.26. The summed E-state index contributed by atoms with van der Waals surface area (Å²) in [6.07, 6.45) is 69.1. The monoisotopic (exact) mass is 1130 g/mol. The Kier molecular flexibility index (Phi) is 52.0. The van der Waals surface area contributed by atoms with Crippen molar-refractivity contribution in [2.24, 2.45) is 0 Å². The number of amides is 1. The summed E-state index contributed by atoms with van der Waals surface area (Å²) in [5.41, 5.74) is 0. The molecule has 1 amide bonds. The molecule has 0 bridgehead atoms. The second kappa shape index (κ2) is 56.3. The average molecular weight is 1130 g/mol. The molecule has 0 aromatic carbocycles. The zero-order valence-electron chi connectivity index (χ0n) is 50.8. The van der Waals surface area contributed by atoms with E-state index in [4.69, 9.17) is 14.2 Å². The zero-order chi connectivity index (χ0) is 58.9. The van der Waals surface area contributed by atoms with E-state index in [0.29, 0.717) is 12.8 Å². The second-order valence-electron chi connectivity index (χ2n) is 21.5. The number of aliphatic hydroxyl groups is 5. The van der Waals surface area contributed by atoms with E-state index >= 15 is 0 Å². The van der Waals surface area contributed by atoms with Crippen LogP contribution in [0.15, 0.2) is 134 Å². The molecule has 1 aliphatic heterocycles. The lowest BCUT2D eigenvalue weighted by Gasteiger charge is -2.41. The van der Waals surface area contributed by atoms with E-state index in [1.54, 1.807) is 6.08 Å². The number of carbonyl (C=O) groups excluding carboxylic acids is 2. The third-order valence-corrected chi connectivity index (χ3v) is 14.1. The maximum absolute atomic E-state index is 13.4. The lowest BCUT2D eigenvalue weighted by molar-refractivity contribution is -0.305. The van der Waals surface area contributed by atoms with E-state index in [9.17, 15) is 35.1 Å². The number of ether oxygens (including phenoxy) is 3. The summed E-state index contributed by atoms with van der Waals surface area (Å²) >= 11 is 0. The molecular formula is C70H115NO10. The average Bonchev–Trinajstić information content (AvgIpc) is 3.47. The fraction of sp³-hybridized carbons (Fsp3) is 0.657. The van der Waals surface area contributed by atoms with Gasteiger partial charge in [-0.2, -0.15) is 0 Å². The van der Waals surface area contributed by atoms with Gasteiger partial charge in [-0.15, -0.1) is 0 Å². The predicted octanol–water partition coefficient (Wildman–Crippen LogP) is 15.6. The highest BCUT2D eigenvalue weighted by Gasteiger charge is 2.47. The van der Waals surface area contributed by atoms with Gasteiger partial charge in [-0.1, -0.05) is 264 Å². The van der Waals surface area contributed by atoms with Gasteiger partial charge in [0.1, 0.15) is 24.4 Å². The first kappa shape index (κ1) is 74.8. The van der Waals surface area contributed by atoms with Crippen LogP contribution in [0.3, 0.4) is 0 Å². The van der Waals surface area contributed by atoms with Gasteiger partial charge in [-0.25, -0.2) is 0 Å². The third kappa shape index (κ3) is 44.1. The van der Waals surface area contributed by atoms with Crippen molar-refractivity contribution < 1.29 is 49.3 Å². The van der Waals surface area contributed by atoms with Crippen molar-refractivity contribution in [1.29, 1.82) is 0 Å². The number of hydrogen-bond acceptors (Lipinski definition) is 10. The standard InChI is InChI=1S/C70H115NO10/c1-4-7-10-13-16-19-22-25-27-28-29-30-31-32-33-34-35-36-37-40-43-46-49-52-55-58-65(75)81-68-67(77)66(76)64(59-72)80-70(68)79-60-61(62(73)56-53-50-47-44-41-38-24-21-18-15-12-9-6-3)71-69(78)63(74)57-54-51-48-45-42-39-26-23-20-17-14-11-8-5-2/h7-8,10-11,14,16-17,19-20,23,25-27,29-30,32-33,35-36,39,53,56,61-64,66-68,70,72-74,76-77H,4-6,9,12-13,15,18,21-22,24,28,31,34,37-38,40-52,54-55,57-60H2,1-3H3,(H,71,78)/b10-7-,11-8+,17-14+,19-16-,23-20+,27-25-,30-29-,33-32-,36-35-,39-26-,56-53+. The van der Waals surface area contributed by atoms with Crippen LogP contribution in [-0.4, -0.2) is 99.6 Å². The van der Waals surface area contributed by atoms with E-state index in [1.807, 2.05) is 42.5 Å². The van der Waals surface area contributed by atoms with Crippen LogP contribution in [0.1, 0.15) is 233 Å². The number of allylic oxidation sites excluding steroid dienone is 21. The minimum Gasteiger partial charge on any atom is -0.454 e. The zero-order valence-corrected chi connectivity index (χ0v) is 50.8. The second-order valence-corrected chi connectivity index (χ2v) is 21.5. The van der Waals surface area contributed by atoms with Crippen LogP contribution in [0.5, 0.6) is 0 Å². The van der Waals surface area contributed by atoms with E-state index in [2.05, 4.69) is 111 Å². The van der Waals surface area contributed by atoms with Crippen molar-refractivity contribution in [2.75, 3.05) is 13.2 Å². The van der Waals surface area contributed by atoms with Crippen LogP contribution >= 0.6 is 0 Å². The summed E-state index contributed by atoms with van der Waals surface area (Å²) in [5.74, 6) is -1.24. The number of rotatable bonds is 52. The quantitative estimate of drug-likeness (QED) is 0.0149. The minimum atomic E-state index is -1.63. The Morgan fingerprint density at radius 3 is 1.48 bits per heavy atom. The summed E-state index contributed by atoms with van der Waals surface area (Å²) in [5, 5.41) is 57.0.